The van der Waals surface area contributed by atoms with Crippen molar-refractivity contribution in [1.82, 2.24) is 9.13 Å². The molecular weight excluding hydrogens is 1110 g/mol. The zero-order chi connectivity index (χ0) is 60.6. The fourth-order valence-corrected chi connectivity index (χ4v) is 14.5. The zero-order valence-electron chi connectivity index (χ0n) is 50.3. The van der Waals surface area contributed by atoms with Crippen LogP contribution in [0, 0.1) is 0 Å². The van der Waals surface area contributed by atoms with Crippen molar-refractivity contribution in [2.45, 2.75) is 0 Å². The summed E-state index contributed by atoms with van der Waals surface area (Å²) in [4.78, 5) is 4.86. The van der Waals surface area contributed by atoms with Gasteiger partial charge in [0.1, 0.15) is 0 Å². The Kier molecular flexibility index (Phi) is 12.5. The third-order valence-electron chi connectivity index (χ3n) is 18.8. The Morgan fingerprint density at radius 2 is 0.674 bits per heavy atom. The maximum atomic E-state index is 2.48. The van der Waals surface area contributed by atoms with Crippen molar-refractivity contribution in [2.75, 3.05) is 9.80 Å². The number of anilines is 6. The van der Waals surface area contributed by atoms with Gasteiger partial charge in [-0.15, -0.1) is 0 Å². The fraction of sp³-hybridized carbons (Fsp3) is 0. The standard InChI is InChI=1S/C88H58N4/c1-4-20-59(21-5-1)61-40-44-72(45-41-61)89(70-30-6-2-7-31-70)75-47-49-78-81-56-66-24-12-13-25-67(66)57-86(81)92(87(78)58-75)73-34-17-28-65(55-73)62-26-16-27-63(52-62)68-43-48-76-69(53-68)29-18-38-82(76)91(74-46-42-60-22-10-11-23-64(60)54-74)83-39-19-36-79-77(83)50-51-85-88(79)80-35-14-15-37-84(80)90(85)71-32-8-3-9-33-71/h1-58H. The highest BCUT2D eigenvalue weighted by Gasteiger charge is 2.23. The molecule has 0 unspecified atom stereocenters. The summed E-state index contributed by atoms with van der Waals surface area (Å²) >= 11 is 0. The molecule has 0 fully saturated rings. The Balaban J connectivity index is 0.743. The number of aromatic nitrogens is 2. The lowest BCUT2D eigenvalue weighted by Crippen LogP contribution is -2.11. The first kappa shape index (κ1) is 52.8. The van der Waals surface area contributed by atoms with Crippen LogP contribution in [-0.4, -0.2) is 9.13 Å². The van der Waals surface area contributed by atoms with Crippen molar-refractivity contribution in [3.63, 3.8) is 0 Å². The summed E-state index contributed by atoms with van der Waals surface area (Å²) in [5, 5.41) is 14.5. The van der Waals surface area contributed by atoms with E-state index in [0.717, 1.165) is 73.3 Å². The van der Waals surface area contributed by atoms with Gasteiger partial charge in [0.25, 0.3) is 0 Å². The van der Waals surface area contributed by atoms with Gasteiger partial charge in [0.05, 0.1) is 33.4 Å². The first-order chi connectivity index (χ1) is 45.6. The molecule has 430 valence electrons. The summed E-state index contributed by atoms with van der Waals surface area (Å²) in [5.41, 5.74) is 20.5. The van der Waals surface area contributed by atoms with Crippen molar-refractivity contribution in [3.05, 3.63) is 352 Å². The van der Waals surface area contributed by atoms with E-state index in [4.69, 9.17) is 0 Å². The Labute approximate surface area is 533 Å². The predicted octanol–water partition coefficient (Wildman–Crippen LogP) is 24.4. The van der Waals surface area contributed by atoms with Gasteiger partial charge >= 0.3 is 0 Å². The maximum Gasteiger partial charge on any atom is 0.0561 e. The summed E-state index contributed by atoms with van der Waals surface area (Å²) < 4.78 is 4.88. The molecular formula is C88H58N4. The molecule has 2 heterocycles. The van der Waals surface area contributed by atoms with Crippen LogP contribution in [-0.2, 0) is 0 Å². The number of benzene rings is 16. The number of para-hydroxylation sites is 3. The minimum absolute atomic E-state index is 1.08. The minimum atomic E-state index is 1.08. The third kappa shape index (κ3) is 8.91. The molecule has 16 aromatic carbocycles. The molecule has 0 radical (unpaired) electrons. The summed E-state index contributed by atoms with van der Waals surface area (Å²) in [6.07, 6.45) is 0. The molecule has 4 nitrogen and oxygen atoms in total. The molecule has 0 amide bonds. The molecule has 0 bridgehead atoms. The van der Waals surface area contributed by atoms with Gasteiger partial charge in [-0.05, 0) is 187 Å². The monoisotopic (exact) mass is 1170 g/mol. The van der Waals surface area contributed by atoms with E-state index in [9.17, 15) is 0 Å². The molecule has 4 heteroatoms. The maximum absolute atomic E-state index is 2.48. The molecule has 18 aromatic rings. The van der Waals surface area contributed by atoms with Crippen molar-refractivity contribution in [3.8, 4) is 44.8 Å². The molecule has 0 aliphatic rings. The topological polar surface area (TPSA) is 16.3 Å². The van der Waals surface area contributed by atoms with Crippen LogP contribution < -0.4 is 9.80 Å². The Bertz CT molecular complexity index is 5890. The van der Waals surface area contributed by atoms with Crippen LogP contribution in [0.4, 0.5) is 34.1 Å². The highest BCUT2D eigenvalue weighted by molar-refractivity contribution is 6.24. The molecule has 0 saturated carbocycles. The molecule has 18 rings (SSSR count). The van der Waals surface area contributed by atoms with Gasteiger partial charge in [-0.2, -0.15) is 0 Å². The average Bonchev–Trinajstić information content (AvgIpc) is 1.53. The SMILES string of the molecule is c1ccc(-c2ccc(N(c3ccccc3)c3ccc4c5cc6ccccc6cc5n(-c5cccc(-c6cccc(-c7ccc8c(N(c9ccc%10ccccc%10c9)c9cccc%10c9ccc9c%10c%10ccccc%10n9-c9ccccc9)cccc8c7)c6)c5)c4c3)cc2)cc1. The lowest BCUT2D eigenvalue weighted by Gasteiger charge is -2.28. The summed E-state index contributed by atoms with van der Waals surface area (Å²) in [7, 11) is 0. The van der Waals surface area contributed by atoms with E-state index in [2.05, 4.69) is 371 Å². The highest BCUT2D eigenvalue weighted by Crippen LogP contribution is 2.47. The van der Waals surface area contributed by atoms with E-state index in [1.807, 2.05) is 0 Å². The first-order valence-electron chi connectivity index (χ1n) is 31.6. The zero-order valence-corrected chi connectivity index (χ0v) is 50.3. The van der Waals surface area contributed by atoms with Gasteiger partial charge in [0.15, 0.2) is 0 Å². The Hall–Kier alpha value is -12.2. The van der Waals surface area contributed by atoms with Gasteiger partial charge in [0, 0.05) is 66.4 Å². The highest BCUT2D eigenvalue weighted by atomic mass is 15.2. The third-order valence-corrected chi connectivity index (χ3v) is 18.8. The summed E-state index contributed by atoms with van der Waals surface area (Å²) in [6, 6.07) is 129. The smallest absolute Gasteiger partial charge is 0.0561 e. The largest absolute Gasteiger partial charge is 0.310 e. The van der Waals surface area contributed by atoms with E-state index in [1.165, 1.54) is 92.3 Å². The second kappa shape index (κ2) is 21.8. The number of fused-ring (bicyclic) bond motifs is 11. The number of hydrogen-bond acceptors (Lipinski definition) is 2. The van der Waals surface area contributed by atoms with Crippen LogP contribution in [0.3, 0.4) is 0 Å². The van der Waals surface area contributed by atoms with Crippen LogP contribution in [0.25, 0.3) is 131 Å². The quantitative estimate of drug-likeness (QED) is 0.128. The number of nitrogens with zero attached hydrogens (tertiary/aromatic N) is 4. The number of hydrogen-bond donors (Lipinski definition) is 0. The van der Waals surface area contributed by atoms with Crippen LogP contribution in [0.1, 0.15) is 0 Å². The van der Waals surface area contributed by atoms with Crippen molar-refractivity contribution in [2.24, 2.45) is 0 Å². The van der Waals surface area contributed by atoms with Gasteiger partial charge in [-0.1, -0.05) is 231 Å². The van der Waals surface area contributed by atoms with E-state index < -0.39 is 0 Å². The molecule has 0 aliphatic heterocycles. The Morgan fingerprint density at radius 1 is 0.185 bits per heavy atom. The van der Waals surface area contributed by atoms with Gasteiger partial charge in [-0.3, -0.25) is 0 Å². The number of rotatable bonds is 11. The molecule has 0 spiro atoms. The fourth-order valence-electron chi connectivity index (χ4n) is 14.5. The first-order valence-corrected chi connectivity index (χ1v) is 31.6. The van der Waals surface area contributed by atoms with Crippen molar-refractivity contribution in [1.29, 1.82) is 0 Å². The van der Waals surface area contributed by atoms with E-state index in [-0.39, 0.29) is 0 Å². The lowest BCUT2D eigenvalue weighted by atomic mass is 9.96. The second-order valence-electron chi connectivity index (χ2n) is 24.1. The second-order valence-corrected chi connectivity index (χ2v) is 24.1. The molecule has 92 heavy (non-hydrogen) atoms. The van der Waals surface area contributed by atoms with E-state index >= 15 is 0 Å². The van der Waals surface area contributed by atoms with E-state index in [1.54, 1.807) is 0 Å². The van der Waals surface area contributed by atoms with Gasteiger partial charge < -0.3 is 18.9 Å². The minimum Gasteiger partial charge on any atom is -0.310 e. The molecule has 0 saturated heterocycles. The van der Waals surface area contributed by atoms with Crippen molar-refractivity contribution < 1.29 is 0 Å². The summed E-state index contributed by atoms with van der Waals surface area (Å²) in [6.45, 7) is 0. The summed E-state index contributed by atoms with van der Waals surface area (Å²) in [5.74, 6) is 0. The Morgan fingerprint density at radius 3 is 1.47 bits per heavy atom. The van der Waals surface area contributed by atoms with Crippen LogP contribution in [0.2, 0.25) is 0 Å². The molecule has 0 N–H and O–H groups in total. The normalized spacial score (nSPS) is 11.7. The predicted molar refractivity (Wildman–Crippen MR) is 391 cm³/mol. The van der Waals surface area contributed by atoms with Crippen molar-refractivity contribution >= 4 is 121 Å². The van der Waals surface area contributed by atoms with Crippen LogP contribution in [0.15, 0.2) is 352 Å². The molecule has 0 atom stereocenters. The lowest BCUT2D eigenvalue weighted by molar-refractivity contribution is 1.18. The average molecular weight is 1170 g/mol. The van der Waals surface area contributed by atoms with Gasteiger partial charge in [0.2, 0.25) is 0 Å². The molecule has 0 aliphatic carbocycles. The van der Waals surface area contributed by atoms with Gasteiger partial charge in [-0.25, -0.2) is 0 Å². The van der Waals surface area contributed by atoms with Crippen LogP contribution in [0.5, 0.6) is 0 Å². The van der Waals surface area contributed by atoms with Crippen LogP contribution >= 0.6 is 0 Å². The molecule has 2 aromatic heterocycles. The van der Waals surface area contributed by atoms with E-state index in [0.29, 0.717) is 0 Å².